The third kappa shape index (κ3) is 3.92. The molecule has 0 spiro atoms. The fourth-order valence-corrected chi connectivity index (χ4v) is 1.50. The van der Waals surface area contributed by atoms with Crippen molar-refractivity contribution in [2.75, 3.05) is 26.3 Å². The van der Waals surface area contributed by atoms with Crippen LogP contribution in [-0.2, 0) is 9.53 Å². The molecule has 1 saturated heterocycles. The fraction of sp³-hybridized carbons (Fsp3) is 0.727. The number of rotatable bonds is 6. The highest BCUT2D eigenvalue weighted by atomic mass is 16.5. The van der Waals surface area contributed by atoms with Crippen LogP contribution in [-0.4, -0.2) is 49.0 Å². The molecular formula is C11H20N2O3. The summed E-state index contributed by atoms with van der Waals surface area (Å²) in [4.78, 5) is 11.5. The average molecular weight is 228 g/mol. The standard InChI is InChI=1S/C11H20N2O3/c1-3-5-12-10(14)9(2)13-7-11(15)4-6-16-8-11/h3,9,13,15H,1,4-8H2,2H3,(H,12,14). The van der Waals surface area contributed by atoms with E-state index in [2.05, 4.69) is 17.2 Å². The highest BCUT2D eigenvalue weighted by Crippen LogP contribution is 2.16. The van der Waals surface area contributed by atoms with Gasteiger partial charge in [-0.2, -0.15) is 0 Å². The number of hydrogen-bond acceptors (Lipinski definition) is 4. The summed E-state index contributed by atoms with van der Waals surface area (Å²) in [7, 11) is 0. The van der Waals surface area contributed by atoms with Crippen LogP contribution < -0.4 is 10.6 Å². The van der Waals surface area contributed by atoms with Crippen LogP contribution in [0.2, 0.25) is 0 Å². The van der Waals surface area contributed by atoms with Gasteiger partial charge >= 0.3 is 0 Å². The maximum atomic E-state index is 11.5. The highest BCUT2D eigenvalue weighted by Gasteiger charge is 2.32. The summed E-state index contributed by atoms with van der Waals surface area (Å²) in [5, 5.41) is 15.6. The van der Waals surface area contributed by atoms with Crippen LogP contribution in [0.1, 0.15) is 13.3 Å². The first-order chi connectivity index (χ1) is 7.57. The van der Waals surface area contributed by atoms with Gasteiger partial charge in [-0.1, -0.05) is 6.08 Å². The second-order valence-electron chi connectivity index (χ2n) is 4.16. The summed E-state index contributed by atoms with van der Waals surface area (Å²) in [6.45, 7) is 7.02. The Hall–Kier alpha value is -0.910. The third-order valence-electron chi connectivity index (χ3n) is 2.63. The Morgan fingerprint density at radius 3 is 3.06 bits per heavy atom. The number of hydrogen-bond donors (Lipinski definition) is 3. The lowest BCUT2D eigenvalue weighted by Gasteiger charge is -2.23. The van der Waals surface area contributed by atoms with Crippen molar-refractivity contribution in [3.63, 3.8) is 0 Å². The lowest BCUT2D eigenvalue weighted by atomic mass is 10.0. The minimum atomic E-state index is -0.826. The van der Waals surface area contributed by atoms with Crippen molar-refractivity contribution in [2.24, 2.45) is 0 Å². The number of carbonyl (C=O) groups is 1. The molecule has 5 nitrogen and oxygen atoms in total. The number of ether oxygens (including phenoxy) is 1. The molecule has 5 heteroatoms. The molecule has 1 heterocycles. The Labute approximate surface area is 95.9 Å². The molecule has 3 N–H and O–H groups in total. The zero-order valence-corrected chi connectivity index (χ0v) is 9.66. The molecule has 2 unspecified atom stereocenters. The second-order valence-corrected chi connectivity index (χ2v) is 4.16. The summed E-state index contributed by atoms with van der Waals surface area (Å²) in [6, 6.07) is -0.329. The first-order valence-corrected chi connectivity index (χ1v) is 5.49. The van der Waals surface area contributed by atoms with Gasteiger partial charge in [-0.05, 0) is 6.92 Å². The molecule has 0 bridgehead atoms. The largest absolute Gasteiger partial charge is 0.386 e. The molecule has 92 valence electrons. The van der Waals surface area contributed by atoms with Gasteiger partial charge in [-0.25, -0.2) is 0 Å². The monoisotopic (exact) mass is 228 g/mol. The first-order valence-electron chi connectivity index (χ1n) is 5.49. The molecule has 1 fully saturated rings. The second kappa shape index (κ2) is 5.98. The Morgan fingerprint density at radius 1 is 1.75 bits per heavy atom. The third-order valence-corrected chi connectivity index (χ3v) is 2.63. The first kappa shape index (κ1) is 13.2. The summed E-state index contributed by atoms with van der Waals surface area (Å²) < 4.78 is 5.11. The molecule has 0 radical (unpaired) electrons. The van der Waals surface area contributed by atoms with Gasteiger partial charge in [0.05, 0.1) is 12.6 Å². The molecule has 16 heavy (non-hydrogen) atoms. The van der Waals surface area contributed by atoms with E-state index in [0.29, 0.717) is 32.7 Å². The topological polar surface area (TPSA) is 70.6 Å². The Bertz CT molecular complexity index is 250. The van der Waals surface area contributed by atoms with Crippen LogP contribution in [0.3, 0.4) is 0 Å². The zero-order chi connectivity index (χ0) is 12.0. The SMILES string of the molecule is C=CCNC(=O)C(C)NCC1(O)CCOC1. The van der Waals surface area contributed by atoms with E-state index in [1.54, 1.807) is 13.0 Å². The normalized spacial score (nSPS) is 26.4. The van der Waals surface area contributed by atoms with Crippen LogP contribution in [0.25, 0.3) is 0 Å². The number of nitrogens with one attached hydrogen (secondary N) is 2. The van der Waals surface area contributed by atoms with E-state index in [-0.39, 0.29) is 11.9 Å². The number of amides is 1. The Kier molecular flexibility index (Phi) is 4.92. The number of aliphatic hydroxyl groups is 1. The van der Waals surface area contributed by atoms with Crippen molar-refractivity contribution in [1.29, 1.82) is 0 Å². The van der Waals surface area contributed by atoms with Gasteiger partial charge in [0.25, 0.3) is 0 Å². The summed E-state index contributed by atoms with van der Waals surface area (Å²) >= 11 is 0. The molecule has 1 aliphatic heterocycles. The van der Waals surface area contributed by atoms with Gasteiger partial charge in [0.15, 0.2) is 0 Å². The average Bonchev–Trinajstić information content (AvgIpc) is 2.70. The summed E-state index contributed by atoms with van der Waals surface area (Å²) in [5.74, 6) is -0.0950. The molecule has 2 atom stereocenters. The summed E-state index contributed by atoms with van der Waals surface area (Å²) in [6.07, 6.45) is 2.24. The molecular weight excluding hydrogens is 208 g/mol. The Morgan fingerprint density at radius 2 is 2.50 bits per heavy atom. The molecule has 0 saturated carbocycles. The maximum Gasteiger partial charge on any atom is 0.237 e. The van der Waals surface area contributed by atoms with Crippen molar-refractivity contribution in [2.45, 2.75) is 25.0 Å². The summed E-state index contributed by atoms with van der Waals surface area (Å²) in [5.41, 5.74) is -0.826. The van der Waals surface area contributed by atoms with Crippen molar-refractivity contribution < 1.29 is 14.6 Å². The van der Waals surface area contributed by atoms with Crippen LogP contribution >= 0.6 is 0 Å². The predicted molar refractivity (Wildman–Crippen MR) is 61.1 cm³/mol. The van der Waals surface area contributed by atoms with Crippen LogP contribution in [0.15, 0.2) is 12.7 Å². The van der Waals surface area contributed by atoms with Crippen LogP contribution in [0, 0.1) is 0 Å². The molecule has 1 amide bonds. The molecule has 0 aliphatic carbocycles. The van der Waals surface area contributed by atoms with Gasteiger partial charge in [-0.15, -0.1) is 6.58 Å². The maximum absolute atomic E-state index is 11.5. The Balaban J connectivity index is 2.25. The van der Waals surface area contributed by atoms with Crippen molar-refractivity contribution >= 4 is 5.91 Å². The van der Waals surface area contributed by atoms with E-state index in [0.717, 1.165) is 0 Å². The lowest BCUT2D eigenvalue weighted by Crippen LogP contribution is -2.49. The van der Waals surface area contributed by atoms with E-state index >= 15 is 0 Å². The van der Waals surface area contributed by atoms with Gasteiger partial charge in [0, 0.05) is 26.1 Å². The molecule has 0 aromatic rings. The van der Waals surface area contributed by atoms with Gasteiger partial charge in [0.1, 0.15) is 5.60 Å². The van der Waals surface area contributed by atoms with Crippen molar-refractivity contribution in [3.8, 4) is 0 Å². The minimum Gasteiger partial charge on any atom is -0.386 e. The van der Waals surface area contributed by atoms with E-state index in [9.17, 15) is 9.90 Å². The molecule has 0 aromatic heterocycles. The molecule has 0 aromatic carbocycles. The van der Waals surface area contributed by atoms with E-state index < -0.39 is 5.60 Å². The fourth-order valence-electron chi connectivity index (χ4n) is 1.50. The van der Waals surface area contributed by atoms with E-state index in [1.165, 1.54) is 0 Å². The highest BCUT2D eigenvalue weighted by molar-refractivity contribution is 5.81. The molecule has 1 rings (SSSR count). The van der Waals surface area contributed by atoms with Gasteiger partial charge < -0.3 is 20.5 Å². The lowest BCUT2D eigenvalue weighted by molar-refractivity contribution is -0.122. The van der Waals surface area contributed by atoms with Crippen molar-refractivity contribution in [3.05, 3.63) is 12.7 Å². The number of carbonyl (C=O) groups excluding carboxylic acids is 1. The predicted octanol–water partition coefficient (Wildman–Crippen LogP) is -0.582. The van der Waals surface area contributed by atoms with E-state index in [4.69, 9.17) is 4.74 Å². The molecule has 1 aliphatic rings. The van der Waals surface area contributed by atoms with Gasteiger partial charge in [0.2, 0.25) is 5.91 Å². The minimum absolute atomic E-state index is 0.0950. The van der Waals surface area contributed by atoms with Crippen LogP contribution in [0.4, 0.5) is 0 Å². The van der Waals surface area contributed by atoms with Gasteiger partial charge in [-0.3, -0.25) is 4.79 Å². The smallest absolute Gasteiger partial charge is 0.237 e. The van der Waals surface area contributed by atoms with E-state index in [1.807, 2.05) is 0 Å². The zero-order valence-electron chi connectivity index (χ0n) is 9.66. The van der Waals surface area contributed by atoms with Crippen LogP contribution in [0.5, 0.6) is 0 Å². The van der Waals surface area contributed by atoms with Crippen molar-refractivity contribution in [1.82, 2.24) is 10.6 Å². The quantitative estimate of drug-likeness (QED) is 0.532.